The molecule has 0 saturated carbocycles. The highest BCUT2D eigenvalue weighted by Crippen LogP contribution is 2.22. The van der Waals surface area contributed by atoms with Gasteiger partial charge in [0.25, 0.3) is 0 Å². The van der Waals surface area contributed by atoms with Gasteiger partial charge >= 0.3 is 0 Å². The normalized spacial score (nSPS) is 8.75. The second-order valence-corrected chi connectivity index (χ2v) is 12.5. The summed E-state index contributed by atoms with van der Waals surface area (Å²) in [5.41, 5.74) is 6.73. The zero-order valence-corrected chi connectivity index (χ0v) is 35.9. The van der Waals surface area contributed by atoms with Gasteiger partial charge in [-0.1, -0.05) is 142 Å². The minimum atomic E-state index is -0.791. The first kappa shape index (κ1) is 56.5. The third-order valence-corrected chi connectivity index (χ3v) is 7.52. The number of hydrogen-bond acceptors (Lipinski definition) is 2. The first-order valence-electron chi connectivity index (χ1n) is 19.1. The maximum atomic E-state index is 12.3. The van der Waals surface area contributed by atoms with Crippen molar-refractivity contribution in [2.24, 2.45) is 0 Å². The van der Waals surface area contributed by atoms with E-state index in [1.54, 1.807) is 51.1 Å². The van der Waals surface area contributed by atoms with Crippen LogP contribution in [0.1, 0.15) is 56.0 Å². The number of nitriles is 1. The third kappa shape index (κ3) is 26.9. The van der Waals surface area contributed by atoms with Crippen molar-refractivity contribution in [1.29, 1.82) is 5.26 Å². The van der Waals surface area contributed by atoms with E-state index in [0.29, 0.717) is 11.1 Å². The summed E-state index contributed by atoms with van der Waals surface area (Å²) in [4.78, 5) is 2.17. The first-order chi connectivity index (χ1) is 28.7. The molecule has 0 heterocycles. The molecule has 0 saturated heterocycles. The van der Waals surface area contributed by atoms with Crippen molar-refractivity contribution in [3.05, 3.63) is 239 Å². The molecule has 61 heavy (non-hydrogen) atoms. The van der Waals surface area contributed by atoms with Crippen molar-refractivity contribution in [2.75, 3.05) is 11.9 Å². The van der Waals surface area contributed by atoms with Crippen LogP contribution in [0.25, 0.3) is 0 Å². The molecule has 0 aliphatic heterocycles. The molecule has 7 aromatic carbocycles. The molecular formula is C53H60F6N2. The number of rotatable bonds is 2. The van der Waals surface area contributed by atoms with Crippen LogP contribution < -0.4 is 4.90 Å². The van der Waals surface area contributed by atoms with E-state index in [4.69, 9.17) is 5.26 Å². The Morgan fingerprint density at radius 3 is 1.10 bits per heavy atom. The number of benzene rings is 7. The van der Waals surface area contributed by atoms with Crippen LogP contribution in [0, 0.1) is 80.9 Å². The van der Waals surface area contributed by atoms with Crippen molar-refractivity contribution >= 4 is 11.4 Å². The predicted octanol–water partition coefficient (Wildman–Crippen LogP) is 16.5. The monoisotopic (exact) mass is 838 g/mol. The third-order valence-electron chi connectivity index (χ3n) is 7.52. The molecule has 0 radical (unpaired) electrons. The fourth-order valence-corrected chi connectivity index (χ4v) is 4.24. The maximum Gasteiger partial charge on any atom is 0.159 e. The van der Waals surface area contributed by atoms with Crippen LogP contribution in [0.15, 0.2) is 176 Å². The van der Waals surface area contributed by atoms with Gasteiger partial charge < -0.3 is 4.90 Å². The van der Waals surface area contributed by atoms with E-state index in [2.05, 4.69) is 79.5 Å². The number of halogens is 6. The summed E-state index contributed by atoms with van der Waals surface area (Å²) in [6.45, 7) is 14.5. The lowest BCUT2D eigenvalue weighted by molar-refractivity contribution is 0.508. The molecule has 0 fully saturated rings. The highest BCUT2D eigenvalue weighted by molar-refractivity contribution is 5.61. The summed E-state index contributed by atoms with van der Waals surface area (Å²) in [6, 6.07) is 53.1. The molecule has 0 amide bonds. The van der Waals surface area contributed by atoms with Crippen LogP contribution in [0.3, 0.4) is 0 Å². The quantitative estimate of drug-likeness (QED) is 0.162. The van der Waals surface area contributed by atoms with Crippen LogP contribution in [0.2, 0.25) is 0 Å². The molecule has 7 aromatic rings. The van der Waals surface area contributed by atoms with Gasteiger partial charge in [-0.25, -0.2) is 26.3 Å². The average Bonchev–Trinajstić information content (AvgIpc) is 3.26. The molecule has 7 rings (SSSR count). The summed E-state index contributed by atoms with van der Waals surface area (Å²) in [5, 5.41) is 7.32. The standard InChI is InChI=1S/C13H13N.2C7H6F2.2C7H7F.C7H8.C2H3N.C2H6.CH4/c1-14(12-8-4-2-5-9-12)13-10-6-3-7-11-13;1-5-2-3-6(8)4-7(5)9;1-5-2-3-6(8)7(9)4-5;1-6-2-4-7(8)5-3-6;1-6-4-2-3-5-7(6)8;1-7-5-3-2-4-6-7;1-2-3;1-2;/h2-11H,1H3;2*2-4H,1H3;2*2-5H,1H3;2-6H,1H3;1H3;1-2H3;1H4. The molecule has 8 heteroatoms. The SMILES string of the molecule is C.CC.CC#N.CN(c1ccccc1)c1ccccc1.Cc1ccc(F)c(F)c1.Cc1ccc(F)cc1.Cc1ccc(F)cc1F.Cc1ccccc1.Cc1ccccc1F. The van der Waals surface area contributed by atoms with Gasteiger partial charge in [-0.15, -0.1) is 0 Å². The van der Waals surface area contributed by atoms with E-state index in [0.717, 1.165) is 29.3 Å². The lowest BCUT2D eigenvalue weighted by Crippen LogP contribution is -2.08. The van der Waals surface area contributed by atoms with Crippen LogP contribution in [-0.2, 0) is 0 Å². The number of nitrogens with zero attached hydrogens (tertiary/aromatic N) is 2. The lowest BCUT2D eigenvalue weighted by atomic mass is 10.2. The minimum Gasteiger partial charge on any atom is -0.345 e. The second kappa shape index (κ2) is 34.3. The molecule has 0 unspecified atom stereocenters. The van der Waals surface area contributed by atoms with Gasteiger partial charge in [0, 0.05) is 31.4 Å². The fourth-order valence-electron chi connectivity index (χ4n) is 4.24. The van der Waals surface area contributed by atoms with Crippen LogP contribution in [-0.4, -0.2) is 7.05 Å². The van der Waals surface area contributed by atoms with E-state index >= 15 is 0 Å². The summed E-state index contributed by atoms with van der Waals surface area (Å²) in [5.74, 6) is -2.90. The zero-order chi connectivity index (χ0) is 45.3. The average molecular weight is 839 g/mol. The Balaban J connectivity index is 0. The van der Waals surface area contributed by atoms with Gasteiger partial charge in [0.2, 0.25) is 0 Å². The summed E-state index contributed by atoms with van der Waals surface area (Å²) in [7, 11) is 2.07. The lowest BCUT2D eigenvalue weighted by Gasteiger charge is -2.18. The van der Waals surface area contributed by atoms with Crippen molar-refractivity contribution in [2.45, 2.75) is 62.8 Å². The van der Waals surface area contributed by atoms with Gasteiger partial charge in [0.05, 0.1) is 6.07 Å². The van der Waals surface area contributed by atoms with E-state index in [-0.39, 0.29) is 19.1 Å². The predicted molar refractivity (Wildman–Crippen MR) is 246 cm³/mol. The van der Waals surface area contributed by atoms with E-state index in [1.807, 2.05) is 57.2 Å². The highest BCUT2D eigenvalue weighted by atomic mass is 19.2. The number of aryl methyl sites for hydroxylation is 5. The Morgan fingerprint density at radius 1 is 0.393 bits per heavy atom. The summed E-state index contributed by atoms with van der Waals surface area (Å²) < 4.78 is 73.2. The minimum absolute atomic E-state index is 0. The molecule has 2 nitrogen and oxygen atoms in total. The Labute approximate surface area is 361 Å². The van der Waals surface area contributed by atoms with Crippen LogP contribution in [0.5, 0.6) is 0 Å². The number of para-hydroxylation sites is 2. The highest BCUT2D eigenvalue weighted by Gasteiger charge is 2.01. The van der Waals surface area contributed by atoms with E-state index < -0.39 is 23.3 Å². The molecule has 0 aliphatic carbocycles. The van der Waals surface area contributed by atoms with Crippen LogP contribution >= 0.6 is 0 Å². The maximum absolute atomic E-state index is 12.3. The molecule has 0 aromatic heterocycles. The van der Waals surface area contributed by atoms with Gasteiger partial charge in [-0.2, -0.15) is 5.26 Å². The Morgan fingerprint density at radius 2 is 0.770 bits per heavy atom. The Hall–Kier alpha value is -6.59. The van der Waals surface area contributed by atoms with E-state index in [9.17, 15) is 26.3 Å². The van der Waals surface area contributed by atoms with E-state index in [1.165, 1.54) is 60.3 Å². The van der Waals surface area contributed by atoms with Gasteiger partial charge in [-0.05, 0) is 112 Å². The number of hydrogen-bond donors (Lipinski definition) is 0. The molecule has 0 spiro atoms. The molecular weight excluding hydrogens is 779 g/mol. The Kier molecular flexibility index (Phi) is 31.8. The molecule has 0 N–H and O–H groups in total. The second-order valence-electron chi connectivity index (χ2n) is 12.5. The zero-order valence-electron chi connectivity index (χ0n) is 35.9. The van der Waals surface area contributed by atoms with Crippen molar-refractivity contribution in [3.8, 4) is 6.07 Å². The van der Waals surface area contributed by atoms with Crippen molar-refractivity contribution in [3.63, 3.8) is 0 Å². The van der Waals surface area contributed by atoms with Crippen molar-refractivity contribution in [1.82, 2.24) is 0 Å². The smallest absolute Gasteiger partial charge is 0.159 e. The number of anilines is 2. The fraction of sp³-hybridized carbons (Fsp3) is 0.189. The van der Waals surface area contributed by atoms with Crippen LogP contribution in [0.4, 0.5) is 37.7 Å². The molecule has 0 aliphatic rings. The Bertz CT molecular complexity index is 2040. The molecule has 0 bridgehead atoms. The largest absolute Gasteiger partial charge is 0.345 e. The topological polar surface area (TPSA) is 27.0 Å². The van der Waals surface area contributed by atoms with Gasteiger partial charge in [0.15, 0.2) is 11.6 Å². The van der Waals surface area contributed by atoms with Crippen molar-refractivity contribution < 1.29 is 26.3 Å². The molecule has 0 atom stereocenters. The summed E-state index contributed by atoms with van der Waals surface area (Å²) in [6.07, 6.45) is 0. The van der Waals surface area contributed by atoms with Gasteiger partial charge in [0.1, 0.15) is 23.3 Å². The van der Waals surface area contributed by atoms with Gasteiger partial charge in [-0.3, -0.25) is 0 Å². The first-order valence-corrected chi connectivity index (χ1v) is 19.1. The summed E-state index contributed by atoms with van der Waals surface area (Å²) >= 11 is 0. The molecule has 324 valence electrons.